The van der Waals surface area contributed by atoms with Crippen molar-refractivity contribution in [1.82, 2.24) is 10.3 Å². The second-order valence-corrected chi connectivity index (χ2v) is 7.83. The molecule has 7 heteroatoms. The fourth-order valence-electron chi connectivity index (χ4n) is 4.12. The Balaban J connectivity index is 1.54. The van der Waals surface area contributed by atoms with E-state index in [4.69, 9.17) is 0 Å². The molecular weight excluding hydrogens is 356 g/mol. The summed E-state index contributed by atoms with van der Waals surface area (Å²) in [6.07, 6.45) is 4.60. The Kier molecular flexibility index (Phi) is 4.55. The number of benzene rings is 1. The quantitative estimate of drug-likeness (QED) is 0.630. The Hall–Kier alpha value is -2.93. The second kappa shape index (κ2) is 6.91. The van der Waals surface area contributed by atoms with Crippen molar-refractivity contribution >= 4 is 23.3 Å². The number of hydrogen-bond donors (Lipinski definition) is 2. The standard InChI is InChI=1S/C21H24N4O3/c1-24(2)18-6-5-17(13-23-18)25(28)19(26)15-3-4-16-12-21(8-7-14(16)11-15)9-10-22-20(21)27/h3-6,11,13,28H,7-10,12H2,1-2H3,(H,22,27)/t21-/m0/s1. The number of carbonyl (C=O) groups is 2. The Morgan fingerprint density at radius 2 is 2.00 bits per heavy atom. The van der Waals surface area contributed by atoms with E-state index in [1.807, 2.05) is 31.1 Å². The van der Waals surface area contributed by atoms with Gasteiger partial charge in [0, 0.05) is 26.2 Å². The molecule has 0 saturated carbocycles. The van der Waals surface area contributed by atoms with E-state index in [0.29, 0.717) is 22.7 Å². The molecule has 2 aromatic rings. The van der Waals surface area contributed by atoms with Crippen molar-refractivity contribution in [2.75, 3.05) is 30.6 Å². The van der Waals surface area contributed by atoms with E-state index in [2.05, 4.69) is 10.3 Å². The van der Waals surface area contributed by atoms with Crippen molar-refractivity contribution in [2.45, 2.75) is 25.7 Å². The summed E-state index contributed by atoms with van der Waals surface area (Å²) in [5.74, 6) is 0.387. The molecule has 2 aliphatic rings. The molecule has 2 amide bonds. The van der Waals surface area contributed by atoms with E-state index in [-0.39, 0.29) is 11.3 Å². The van der Waals surface area contributed by atoms with Crippen molar-refractivity contribution in [2.24, 2.45) is 5.41 Å². The van der Waals surface area contributed by atoms with Gasteiger partial charge in [-0.2, -0.15) is 5.06 Å². The van der Waals surface area contributed by atoms with E-state index in [1.54, 1.807) is 18.2 Å². The third-order valence-electron chi connectivity index (χ3n) is 5.85. The number of anilines is 2. The zero-order valence-corrected chi connectivity index (χ0v) is 16.1. The molecule has 2 N–H and O–H groups in total. The number of hydrogen-bond acceptors (Lipinski definition) is 5. The Bertz CT molecular complexity index is 926. The molecular formula is C21H24N4O3. The number of amides is 2. The minimum absolute atomic E-state index is 0.147. The number of nitrogens with zero attached hydrogens (tertiary/aromatic N) is 3. The second-order valence-electron chi connectivity index (χ2n) is 7.83. The van der Waals surface area contributed by atoms with E-state index < -0.39 is 5.91 Å². The third kappa shape index (κ3) is 3.11. The van der Waals surface area contributed by atoms with Crippen LogP contribution in [0.5, 0.6) is 0 Å². The summed E-state index contributed by atoms with van der Waals surface area (Å²) in [4.78, 5) is 31.0. The summed E-state index contributed by atoms with van der Waals surface area (Å²) in [6, 6.07) is 8.86. The highest BCUT2D eigenvalue weighted by Gasteiger charge is 2.44. The number of hydroxylamine groups is 1. The molecule has 0 bridgehead atoms. The van der Waals surface area contributed by atoms with Gasteiger partial charge in [-0.25, -0.2) is 4.98 Å². The summed E-state index contributed by atoms with van der Waals surface area (Å²) < 4.78 is 0. The van der Waals surface area contributed by atoms with Crippen LogP contribution < -0.4 is 15.3 Å². The van der Waals surface area contributed by atoms with Crippen LogP contribution in [-0.4, -0.2) is 42.6 Å². The normalized spacial score (nSPS) is 20.6. The summed E-state index contributed by atoms with van der Waals surface area (Å²) >= 11 is 0. The molecule has 1 aliphatic carbocycles. The van der Waals surface area contributed by atoms with Crippen LogP contribution in [0.4, 0.5) is 11.5 Å². The van der Waals surface area contributed by atoms with Crippen molar-refractivity contribution in [1.29, 1.82) is 0 Å². The summed E-state index contributed by atoms with van der Waals surface area (Å²) in [5, 5.41) is 13.9. The predicted molar refractivity (Wildman–Crippen MR) is 106 cm³/mol. The lowest BCUT2D eigenvalue weighted by Gasteiger charge is -2.32. The van der Waals surface area contributed by atoms with Crippen molar-refractivity contribution in [3.05, 3.63) is 53.2 Å². The van der Waals surface area contributed by atoms with E-state index in [9.17, 15) is 14.8 Å². The van der Waals surface area contributed by atoms with Crippen LogP contribution in [0.1, 0.15) is 34.3 Å². The van der Waals surface area contributed by atoms with Gasteiger partial charge < -0.3 is 10.2 Å². The molecule has 2 heterocycles. The predicted octanol–water partition coefficient (Wildman–Crippen LogP) is 2.18. The van der Waals surface area contributed by atoms with Crippen LogP contribution in [0.15, 0.2) is 36.5 Å². The van der Waals surface area contributed by atoms with Gasteiger partial charge in [0.1, 0.15) is 5.82 Å². The average molecular weight is 380 g/mol. The number of nitrogens with one attached hydrogen (secondary N) is 1. The SMILES string of the molecule is CN(C)c1ccc(N(O)C(=O)c2ccc3c(c2)CC[C@]2(CCNC2=O)C3)cn1. The molecule has 0 radical (unpaired) electrons. The highest BCUT2D eigenvalue weighted by Crippen LogP contribution is 2.41. The number of aryl methyl sites for hydroxylation is 1. The number of fused-ring (bicyclic) bond motifs is 1. The van der Waals surface area contributed by atoms with E-state index >= 15 is 0 Å². The van der Waals surface area contributed by atoms with Gasteiger partial charge >= 0.3 is 0 Å². The minimum atomic E-state index is -0.499. The molecule has 1 saturated heterocycles. The van der Waals surface area contributed by atoms with Crippen LogP contribution in [-0.2, 0) is 17.6 Å². The van der Waals surface area contributed by atoms with Crippen LogP contribution in [0.25, 0.3) is 0 Å². The lowest BCUT2D eigenvalue weighted by atomic mass is 9.70. The Morgan fingerprint density at radius 3 is 2.64 bits per heavy atom. The number of aromatic nitrogens is 1. The molecule has 1 aromatic carbocycles. The molecule has 1 atom stereocenters. The van der Waals surface area contributed by atoms with Gasteiger partial charge in [-0.05, 0) is 61.1 Å². The third-order valence-corrected chi connectivity index (χ3v) is 5.85. The first-order valence-electron chi connectivity index (χ1n) is 9.46. The molecule has 0 unspecified atom stereocenters. The highest BCUT2D eigenvalue weighted by molar-refractivity contribution is 6.04. The average Bonchev–Trinajstić information content (AvgIpc) is 3.06. The smallest absolute Gasteiger partial charge is 0.282 e. The zero-order valence-electron chi connectivity index (χ0n) is 16.1. The molecule has 1 spiro atoms. The van der Waals surface area contributed by atoms with E-state index in [0.717, 1.165) is 42.8 Å². The summed E-state index contributed by atoms with van der Waals surface area (Å²) in [6.45, 7) is 0.741. The maximum Gasteiger partial charge on any atom is 0.282 e. The maximum absolute atomic E-state index is 12.7. The van der Waals surface area contributed by atoms with Crippen LogP contribution in [0.2, 0.25) is 0 Å². The monoisotopic (exact) mass is 380 g/mol. The Morgan fingerprint density at radius 1 is 1.18 bits per heavy atom. The molecule has 1 fully saturated rings. The zero-order chi connectivity index (χ0) is 19.9. The highest BCUT2D eigenvalue weighted by atomic mass is 16.5. The first kappa shape index (κ1) is 18.4. The van der Waals surface area contributed by atoms with Crippen LogP contribution in [0.3, 0.4) is 0 Å². The van der Waals surface area contributed by atoms with Gasteiger partial charge in [-0.3, -0.25) is 14.8 Å². The summed E-state index contributed by atoms with van der Waals surface area (Å²) in [5.41, 5.74) is 2.63. The largest absolute Gasteiger partial charge is 0.363 e. The topological polar surface area (TPSA) is 85.8 Å². The van der Waals surface area contributed by atoms with Crippen molar-refractivity contribution in [3.63, 3.8) is 0 Å². The van der Waals surface area contributed by atoms with E-state index in [1.165, 1.54) is 6.20 Å². The molecule has 146 valence electrons. The van der Waals surface area contributed by atoms with Crippen LogP contribution in [0, 0.1) is 5.41 Å². The maximum atomic E-state index is 12.7. The number of carbonyl (C=O) groups excluding carboxylic acids is 2. The van der Waals surface area contributed by atoms with Crippen molar-refractivity contribution < 1.29 is 14.8 Å². The van der Waals surface area contributed by atoms with Gasteiger partial charge in [0.15, 0.2) is 0 Å². The minimum Gasteiger partial charge on any atom is -0.363 e. The molecule has 28 heavy (non-hydrogen) atoms. The molecule has 1 aromatic heterocycles. The van der Waals surface area contributed by atoms with Gasteiger partial charge in [0.25, 0.3) is 5.91 Å². The fourth-order valence-corrected chi connectivity index (χ4v) is 4.12. The molecule has 4 rings (SSSR count). The fraction of sp³-hybridized carbons (Fsp3) is 0.381. The number of rotatable bonds is 3. The van der Waals surface area contributed by atoms with Gasteiger partial charge in [-0.1, -0.05) is 6.07 Å². The first-order valence-corrected chi connectivity index (χ1v) is 9.46. The number of pyridine rings is 1. The summed E-state index contributed by atoms with van der Waals surface area (Å²) in [7, 11) is 3.74. The van der Waals surface area contributed by atoms with Gasteiger partial charge in [-0.15, -0.1) is 0 Å². The first-order chi connectivity index (χ1) is 13.4. The lowest BCUT2D eigenvalue weighted by molar-refractivity contribution is -0.128. The van der Waals surface area contributed by atoms with Gasteiger partial charge in [0.05, 0.1) is 17.3 Å². The molecule has 1 aliphatic heterocycles. The van der Waals surface area contributed by atoms with Crippen molar-refractivity contribution in [3.8, 4) is 0 Å². The molecule has 7 nitrogen and oxygen atoms in total. The van der Waals surface area contributed by atoms with Crippen LogP contribution >= 0.6 is 0 Å². The lowest BCUT2D eigenvalue weighted by Crippen LogP contribution is -2.36. The Labute approximate surface area is 163 Å². The van der Waals surface area contributed by atoms with Gasteiger partial charge in [0.2, 0.25) is 5.91 Å².